The minimum atomic E-state index is 0.286. The summed E-state index contributed by atoms with van der Waals surface area (Å²) < 4.78 is 6.54. The third kappa shape index (κ3) is 2.21. The Balaban J connectivity index is 2.26. The van der Waals surface area contributed by atoms with Crippen molar-refractivity contribution in [1.29, 1.82) is 0 Å². The number of ether oxygens (including phenoxy) is 1. The van der Waals surface area contributed by atoms with Crippen molar-refractivity contribution in [2.45, 2.75) is 6.04 Å². The zero-order valence-electron chi connectivity index (χ0n) is 7.59. The van der Waals surface area contributed by atoms with Gasteiger partial charge in [0.1, 0.15) is 0 Å². The van der Waals surface area contributed by atoms with E-state index in [0.29, 0.717) is 0 Å². The van der Waals surface area contributed by atoms with Crippen LogP contribution in [0.1, 0.15) is 11.6 Å². The summed E-state index contributed by atoms with van der Waals surface area (Å²) in [5.41, 5.74) is 1.23. The van der Waals surface area contributed by atoms with E-state index in [9.17, 15) is 0 Å². The van der Waals surface area contributed by atoms with Crippen molar-refractivity contribution in [2.24, 2.45) is 0 Å². The Morgan fingerprint density at radius 3 is 3.07 bits per heavy atom. The van der Waals surface area contributed by atoms with E-state index in [0.717, 1.165) is 28.4 Å². The molecule has 2 nitrogen and oxygen atoms in total. The first-order valence-electron chi connectivity index (χ1n) is 4.54. The molecule has 1 aliphatic rings. The van der Waals surface area contributed by atoms with Crippen LogP contribution in [-0.2, 0) is 4.74 Å². The summed E-state index contributed by atoms with van der Waals surface area (Å²) in [4.78, 5) is 0. The van der Waals surface area contributed by atoms with Gasteiger partial charge in [0.25, 0.3) is 0 Å². The molecule has 0 aromatic heterocycles. The number of nitrogens with one attached hydrogen (secondary N) is 1. The molecule has 1 atom stereocenters. The predicted octanol–water partition coefficient (Wildman–Crippen LogP) is 2.61. The van der Waals surface area contributed by atoms with Crippen molar-refractivity contribution in [3.63, 3.8) is 0 Å². The fourth-order valence-corrected chi connectivity index (χ4v) is 2.47. The van der Waals surface area contributed by atoms with Crippen molar-refractivity contribution >= 4 is 34.2 Å². The average molecular weight is 324 g/mol. The molecule has 0 aliphatic carbocycles. The smallest absolute Gasteiger partial charge is 0.0662 e. The summed E-state index contributed by atoms with van der Waals surface area (Å²) in [5.74, 6) is 0. The van der Waals surface area contributed by atoms with Crippen LogP contribution < -0.4 is 5.32 Å². The van der Waals surface area contributed by atoms with Crippen molar-refractivity contribution in [3.05, 3.63) is 32.4 Å². The minimum absolute atomic E-state index is 0.286. The molecule has 1 aromatic carbocycles. The average Bonchev–Trinajstić information content (AvgIpc) is 2.23. The Morgan fingerprint density at radius 1 is 1.50 bits per heavy atom. The van der Waals surface area contributed by atoms with E-state index in [2.05, 4.69) is 34.0 Å². The SMILES string of the molecule is Clc1cccc([C@@H]2COCCN2)c1I. The quantitative estimate of drug-likeness (QED) is 0.802. The maximum Gasteiger partial charge on any atom is 0.0662 e. The molecule has 1 heterocycles. The normalized spacial score (nSPS) is 22.3. The highest BCUT2D eigenvalue weighted by atomic mass is 127. The third-order valence-electron chi connectivity index (χ3n) is 2.28. The standard InChI is InChI=1S/C10H11ClINO/c11-8-3-1-2-7(10(8)12)9-6-14-5-4-13-9/h1-3,9,13H,4-6H2/t9-/m0/s1. The summed E-state index contributed by atoms with van der Waals surface area (Å²) in [6, 6.07) is 6.28. The Hall–Kier alpha value is 0.160. The van der Waals surface area contributed by atoms with Gasteiger partial charge in [-0.25, -0.2) is 0 Å². The van der Waals surface area contributed by atoms with Crippen LogP contribution in [0.2, 0.25) is 5.02 Å². The van der Waals surface area contributed by atoms with E-state index < -0.39 is 0 Å². The van der Waals surface area contributed by atoms with Crippen LogP contribution in [0.15, 0.2) is 18.2 Å². The highest BCUT2D eigenvalue weighted by Crippen LogP contribution is 2.27. The van der Waals surface area contributed by atoms with Crippen molar-refractivity contribution in [3.8, 4) is 0 Å². The lowest BCUT2D eigenvalue weighted by Gasteiger charge is -2.25. The monoisotopic (exact) mass is 323 g/mol. The first-order valence-corrected chi connectivity index (χ1v) is 6.00. The van der Waals surface area contributed by atoms with Crippen molar-refractivity contribution in [2.75, 3.05) is 19.8 Å². The number of rotatable bonds is 1. The molecule has 1 aliphatic heterocycles. The lowest BCUT2D eigenvalue weighted by Crippen LogP contribution is -2.35. The largest absolute Gasteiger partial charge is 0.378 e. The molecule has 0 bridgehead atoms. The van der Waals surface area contributed by atoms with Gasteiger partial charge in [0, 0.05) is 10.1 Å². The summed E-state index contributed by atoms with van der Waals surface area (Å²) in [6.07, 6.45) is 0. The molecule has 1 aromatic rings. The molecule has 1 saturated heterocycles. The summed E-state index contributed by atoms with van der Waals surface area (Å²) in [6.45, 7) is 2.44. The highest BCUT2D eigenvalue weighted by Gasteiger charge is 2.18. The number of hydrogen-bond donors (Lipinski definition) is 1. The Labute approximate surface area is 102 Å². The maximum atomic E-state index is 6.06. The molecule has 76 valence electrons. The van der Waals surface area contributed by atoms with Crippen LogP contribution in [0.3, 0.4) is 0 Å². The molecular weight excluding hydrogens is 312 g/mol. The van der Waals surface area contributed by atoms with Gasteiger partial charge in [0.05, 0.1) is 24.3 Å². The lowest BCUT2D eigenvalue weighted by molar-refractivity contribution is 0.0766. The zero-order chi connectivity index (χ0) is 9.97. The first-order chi connectivity index (χ1) is 6.79. The summed E-state index contributed by atoms with van der Waals surface area (Å²) in [5, 5.41) is 4.23. The zero-order valence-corrected chi connectivity index (χ0v) is 10.5. The van der Waals surface area contributed by atoms with Gasteiger partial charge in [0.15, 0.2) is 0 Å². The Bertz CT molecular complexity index is 326. The van der Waals surface area contributed by atoms with E-state index in [1.807, 2.05) is 12.1 Å². The second-order valence-electron chi connectivity index (χ2n) is 3.22. The van der Waals surface area contributed by atoms with Gasteiger partial charge in [-0.3, -0.25) is 0 Å². The molecule has 0 unspecified atom stereocenters. The van der Waals surface area contributed by atoms with Crippen LogP contribution in [-0.4, -0.2) is 19.8 Å². The lowest BCUT2D eigenvalue weighted by atomic mass is 10.1. The van der Waals surface area contributed by atoms with E-state index in [-0.39, 0.29) is 6.04 Å². The van der Waals surface area contributed by atoms with E-state index in [1.54, 1.807) is 0 Å². The second kappa shape index (κ2) is 4.79. The van der Waals surface area contributed by atoms with E-state index in [4.69, 9.17) is 16.3 Å². The van der Waals surface area contributed by atoms with Gasteiger partial charge in [-0.05, 0) is 34.2 Å². The molecule has 1 N–H and O–H groups in total. The van der Waals surface area contributed by atoms with Crippen molar-refractivity contribution < 1.29 is 4.74 Å². The van der Waals surface area contributed by atoms with Gasteiger partial charge >= 0.3 is 0 Å². The van der Waals surface area contributed by atoms with Crippen LogP contribution in [0.4, 0.5) is 0 Å². The molecule has 2 rings (SSSR count). The van der Waals surface area contributed by atoms with Gasteiger partial charge in [-0.2, -0.15) is 0 Å². The fraction of sp³-hybridized carbons (Fsp3) is 0.400. The van der Waals surface area contributed by atoms with E-state index >= 15 is 0 Å². The van der Waals surface area contributed by atoms with Gasteiger partial charge in [-0.15, -0.1) is 0 Å². The molecule has 1 fully saturated rings. The molecule has 14 heavy (non-hydrogen) atoms. The van der Waals surface area contributed by atoms with Crippen LogP contribution in [0.25, 0.3) is 0 Å². The van der Waals surface area contributed by atoms with Crippen LogP contribution in [0.5, 0.6) is 0 Å². The predicted molar refractivity (Wildman–Crippen MR) is 65.7 cm³/mol. The van der Waals surface area contributed by atoms with Crippen LogP contribution >= 0.6 is 34.2 Å². The van der Waals surface area contributed by atoms with Gasteiger partial charge in [-0.1, -0.05) is 23.7 Å². The van der Waals surface area contributed by atoms with Gasteiger partial charge < -0.3 is 10.1 Å². The van der Waals surface area contributed by atoms with Crippen LogP contribution in [0, 0.1) is 3.57 Å². The third-order valence-corrected chi connectivity index (χ3v) is 4.12. The summed E-state index contributed by atoms with van der Waals surface area (Å²) >= 11 is 8.34. The molecular formula is C10H11ClINO. The van der Waals surface area contributed by atoms with E-state index in [1.165, 1.54) is 5.56 Å². The van der Waals surface area contributed by atoms with Crippen molar-refractivity contribution in [1.82, 2.24) is 5.32 Å². The maximum absolute atomic E-state index is 6.06. The molecule has 4 heteroatoms. The highest BCUT2D eigenvalue weighted by molar-refractivity contribution is 14.1. The molecule has 0 radical (unpaired) electrons. The molecule has 0 spiro atoms. The second-order valence-corrected chi connectivity index (χ2v) is 4.71. The number of benzene rings is 1. The Morgan fingerprint density at radius 2 is 2.36 bits per heavy atom. The first kappa shape index (κ1) is 10.7. The number of hydrogen-bond acceptors (Lipinski definition) is 2. The van der Waals surface area contributed by atoms with Gasteiger partial charge in [0.2, 0.25) is 0 Å². The minimum Gasteiger partial charge on any atom is -0.378 e. The number of morpholine rings is 1. The summed E-state index contributed by atoms with van der Waals surface area (Å²) in [7, 11) is 0. The fourth-order valence-electron chi connectivity index (χ4n) is 1.55. The topological polar surface area (TPSA) is 21.3 Å². The molecule has 0 saturated carbocycles. The number of halogens is 2. The molecule has 0 amide bonds. The Kier molecular flexibility index (Phi) is 3.65.